The van der Waals surface area contributed by atoms with Crippen LogP contribution in [0, 0.1) is 0 Å². The number of halogens is 1. The molecule has 0 fully saturated rings. The molecule has 1 aliphatic heterocycles. The van der Waals surface area contributed by atoms with E-state index in [0.717, 1.165) is 34.1 Å². The Morgan fingerprint density at radius 3 is 2.56 bits per heavy atom. The molecule has 2 N–H and O–H groups in total. The molecular weight excluding hydrogens is 420 g/mol. The van der Waals surface area contributed by atoms with Crippen LogP contribution in [-0.2, 0) is 0 Å². The van der Waals surface area contributed by atoms with Crippen molar-refractivity contribution in [2.45, 2.75) is 12.5 Å². The van der Waals surface area contributed by atoms with Crippen LogP contribution in [0.5, 0.6) is 0 Å². The number of rotatable bonds is 4. The molecule has 0 saturated heterocycles. The molecule has 3 heterocycles. The van der Waals surface area contributed by atoms with Gasteiger partial charge in [0.05, 0.1) is 6.04 Å². The molecule has 2 amide bonds. The Bertz CT molecular complexity index is 1260. The van der Waals surface area contributed by atoms with E-state index in [4.69, 9.17) is 11.6 Å². The summed E-state index contributed by atoms with van der Waals surface area (Å²) in [5, 5.41) is 5.00. The largest absolute Gasteiger partial charge is 0.346 e. The van der Waals surface area contributed by atoms with Crippen molar-refractivity contribution < 1.29 is 4.79 Å². The Kier molecular flexibility index (Phi) is 5.65. The van der Waals surface area contributed by atoms with Gasteiger partial charge in [0, 0.05) is 41.5 Å². The smallest absolute Gasteiger partial charge is 0.318 e. The number of hydrogen-bond acceptors (Lipinski definition) is 2. The topological polar surface area (TPSA) is 61.0 Å². The van der Waals surface area contributed by atoms with Crippen LogP contribution in [0.15, 0.2) is 85.2 Å². The summed E-state index contributed by atoms with van der Waals surface area (Å²) in [5.74, 6) is 0. The summed E-state index contributed by atoms with van der Waals surface area (Å²) in [7, 11) is 0. The Balaban J connectivity index is 1.34. The third kappa shape index (κ3) is 4.12. The van der Waals surface area contributed by atoms with Crippen molar-refractivity contribution in [2.24, 2.45) is 0 Å². The quantitative estimate of drug-likeness (QED) is 0.419. The minimum absolute atomic E-state index is 0.0790. The summed E-state index contributed by atoms with van der Waals surface area (Å²) in [6.07, 6.45) is 6.73. The predicted octanol–water partition coefficient (Wildman–Crippen LogP) is 5.80. The minimum Gasteiger partial charge on any atom is -0.346 e. The molecule has 5 rings (SSSR count). The SMILES string of the molecule is O=C(NC(c1ccccc1)c1ccc(Cl)cc1)N1CC=C(c2c[nH]c3ncccc23)CC1. The van der Waals surface area contributed by atoms with E-state index in [2.05, 4.69) is 27.4 Å². The maximum Gasteiger partial charge on any atom is 0.318 e. The number of carbonyl (C=O) groups excluding carboxylic acids is 1. The molecule has 1 atom stereocenters. The molecule has 4 aromatic rings. The predicted molar refractivity (Wildman–Crippen MR) is 129 cm³/mol. The zero-order valence-electron chi connectivity index (χ0n) is 17.5. The summed E-state index contributed by atoms with van der Waals surface area (Å²) >= 11 is 6.07. The molecule has 2 aromatic carbocycles. The van der Waals surface area contributed by atoms with E-state index >= 15 is 0 Å². The highest BCUT2D eigenvalue weighted by molar-refractivity contribution is 6.30. The van der Waals surface area contributed by atoms with E-state index in [9.17, 15) is 4.79 Å². The van der Waals surface area contributed by atoms with E-state index in [-0.39, 0.29) is 12.1 Å². The fourth-order valence-corrected chi connectivity index (χ4v) is 4.32. The van der Waals surface area contributed by atoms with Gasteiger partial charge in [-0.2, -0.15) is 0 Å². The van der Waals surface area contributed by atoms with Crippen LogP contribution in [0.2, 0.25) is 5.02 Å². The summed E-state index contributed by atoms with van der Waals surface area (Å²) in [4.78, 5) is 22.6. The molecule has 1 unspecified atom stereocenters. The lowest BCUT2D eigenvalue weighted by molar-refractivity contribution is 0.200. The van der Waals surface area contributed by atoms with E-state index in [1.807, 2.05) is 71.8 Å². The van der Waals surface area contributed by atoms with Crippen LogP contribution in [0.25, 0.3) is 16.6 Å². The van der Waals surface area contributed by atoms with Crippen molar-refractivity contribution in [3.8, 4) is 0 Å². The molecule has 2 aromatic heterocycles. The number of hydrogen-bond donors (Lipinski definition) is 2. The second kappa shape index (κ2) is 8.89. The molecule has 160 valence electrons. The summed E-state index contributed by atoms with van der Waals surface area (Å²) < 4.78 is 0. The molecule has 0 spiro atoms. The highest BCUT2D eigenvalue weighted by Gasteiger charge is 2.23. The molecule has 5 nitrogen and oxygen atoms in total. The third-order valence-corrected chi connectivity index (χ3v) is 6.15. The molecule has 0 saturated carbocycles. The minimum atomic E-state index is -0.244. The Hall–Kier alpha value is -3.57. The van der Waals surface area contributed by atoms with Gasteiger partial charge in [-0.3, -0.25) is 0 Å². The van der Waals surface area contributed by atoms with Gasteiger partial charge in [0.1, 0.15) is 5.65 Å². The lowest BCUT2D eigenvalue weighted by atomic mass is 9.98. The molecule has 0 radical (unpaired) electrons. The second-order valence-corrected chi connectivity index (χ2v) is 8.31. The van der Waals surface area contributed by atoms with E-state index in [0.29, 0.717) is 18.1 Å². The zero-order chi connectivity index (χ0) is 21.9. The first-order chi connectivity index (χ1) is 15.7. The van der Waals surface area contributed by atoms with Crippen LogP contribution in [0.3, 0.4) is 0 Å². The number of amides is 2. The Labute approximate surface area is 191 Å². The van der Waals surface area contributed by atoms with Crippen molar-refractivity contribution >= 4 is 34.2 Å². The summed E-state index contributed by atoms with van der Waals surface area (Å²) in [6.45, 7) is 1.23. The van der Waals surface area contributed by atoms with Gasteiger partial charge >= 0.3 is 6.03 Å². The number of aromatic amines is 1. The number of pyridine rings is 1. The maximum atomic E-state index is 13.2. The highest BCUT2D eigenvalue weighted by atomic mass is 35.5. The number of nitrogens with one attached hydrogen (secondary N) is 2. The monoisotopic (exact) mass is 442 g/mol. The number of nitrogens with zero attached hydrogens (tertiary/aromatic N) is 2. The summed E-state index contributed by atoms with van der Waals surface area (Å²) in [5.41, 5.74) is 5.32. The molecule has 32 heavy (non-hydrogen) atoms. The third-order valence-electron chi connectivity index (χ3n) is 5.90. The normalized spacial score (nSPS) is 14.8. The lowest BCUT2D eigenvalue weighted by Crippen LogP contribution is -2.43. The Morgan fingerprint density at radius 1 is 1.03 bits per heavy atom. The molecule has 0 aliphatic carbocycles. The highest BCUT2D eigenvalue weighted by Crippen LogP contribution is 2.29. The Morgan fingerprint density at radius 2 is 1.81 bits per heavy atom. The number of fused-ring (bicyclic) bond motifs is 1. The van der Waals surface area contributed by atoms with Crippen LogP contribution in [0.1, 0.15) is 29.2 Å². The van der Waals surface area contributed by atoms with Crippen LogP contribution in [0.4, 0.5) is 4.79 Å². The van der Waals surface area contributed by atoms with Gasteiger partial charge in [0.2, 0.25) is 0 Å². The second-order valence-electron chi connectivity index (χ2n) is 7.87. The lowest BCUT2D eigenvalue weighted by Gasteiger charge is -2.29. The van der Waals surface area contributed by atoms with Crippen LogP contribution in [-0.4, -0.2) is 34.0 Å². The van der Waals surface area contributed by atoms with Gasteiger partial charge in [0.25, 0.3) is 0 Å². The molecule has 0 bridgehead atoms. The van der Waals surface area contributed by atoms with Gasteiger partial charge in [-0.05, 0) is 47.4 Å². The van der Waals surface area contributed by atoms with Crippen molar-refractivity contribution in [1.82, 2.24) is 20.2 Å². The average Bonchev–Trinajstić information content (AvgIpc) is 3.28. The molecule has 1 aliphatic rings. The van der Waals surface area contributed by atoms with Gasteiger partial charge in [-0.15, -0.1) is 0 Å². The number of aromatic nitrogens is 2. The van der Waals surface area contributed by atoms with Gasteiger partial charge < -0.3 is 15.2 Å². The zero-order valence-corrected chi connectivity index (χ0v) is 18.2. The number of urea groups is 1. The standard InChI is InChI=1S/C26H23ClN4O/c27-21-10-8-20(9-11-21)24(19-5-2-1-3-6-19)30-26(32)31-15-12-18(13-16-31)23-17-29-25-22(23)7-4-14-28-25/h1-12,14,17,24H,13,15-16H2,(H,28,29)(H,30,32). The fraction of sp³-hybridized carbons (Fsp3) is 0.154. The van der Waals surface area contributed by atoms with Crippen molar-refractivity contribution in [2.75, 3.05) is 13.1 Å². The first kappa shape index (κ1) is 20.3. The van der Waals surface area contributed by atoms with E-state index < -0.39 is 0 Å². The van der Waals surface area contributed by atoms with Crippen LogP contribution >= 0.6 is 11.6 Å². The number of carbonyl (C=O) groups is 1. The van der Waals surface area contributed by atoms with Crippen molar-refractivity contribution in [1.29, 1.82) is 0 Å². The first-order valence-corrected chi connectivity index (χ1v) is 11.0. The van der Waals surface area contributed by atoms with Crippen molar-refractivity contribution in [3.63, 3.8) is 0 Å². The molecular formula is C26H23ClN4O. The van der Waals surface area contributed by atoms with Gasteiger partial charge in [0.15, 0.2) is 0 Å². The van der Waals surface area contributed by atoms with Crippen LogP contribution < -0.4 is 5.32 Å². The van der Waals surface area contributed by atoms with Gasteiger partial charge in [-0.1, -0.05) is 60.1 Å². The molecule has 6 heteroatoms. The van der Waals surface area contributed by atoms with E-state index in [1.54, 1.807) is 6.20 Å². The number of H-pyrrole nitrogens is 1. The number of benzene rings is 2. The fourth-order valence-electron chi connectivity index (χ4n) is 4.19. The van der Waals surface area contributed by atoms with E-state index in [1.165, 1.54) is 5.57 Å². The first-order valence-electron chi connectivity index (χ1n) is 10.7. The van der Waals surface area contributed by atoms with Crippen molar-refractivity contribution in [3.05, 3.63) is 107 Å². The van der Waals surface area contributed by atoms with Gasteiger partial charge in [-0.25, -0.2) is 9.78 Å². The average molecular weight is 443 g/mol. The summed E-state index contributed by atoms with van der Waals surface area (Å²) in [6, 6.07) is 21.3. The maximum absolute atomic E-state index is 13.2.